The lowest BCUT2D eigenvalue weighted by atomic mass is 9.81. The van der Waals surface area contributed by atoms with Crippen LogP contribution in [0.4, 0.5) is 5.13 Å². The van der Waals surface area contributed by atoms with Crippen molar-refractivity contribution in [3.8, 4) is 0 Å². The number of epoxide rings is 1. The van der Waals surface area contributed by atoms with Crippen molar-refractivity contribution in [2.24, 2.45) is 23.7 Å². The molecule has 1 aromatic rings. The quantitative estimate of drug-likeness (QED) is 0.529. The molecule has 2 bridgehead atoms. The molecule has 4 aliphatic rings. The molecule has 5 rings (SSSR count). The summed E-state index contributed by atoms with van der Waals surface area (Å²) in [4.78, 5) is 26.1. The Kier molecular flexibility index (Phi) is 1.49. The summed E-state index contributed by atoms with van der Waals surface area (Å²) in [5.41, 5.74) is 1.54. The van der Waals surface area contributed by atoms with E-state index in [4.69, 9.17) is 4.74 Å². The van der Waals surface area contributed by atoms with Crippen LogP contribution in [0.5, 0.6) is 0 Å². The van der Waals surface area contributed by atoms with Gasteiger partial charge in [-0.15, -0.1) is 10.2 Å². The highest BCUT2D eigenvalue weighted by atomic mass is 32.1. The van der Waals surface area contributed by atoms with E-state index in [0.717, 1.165) is 6.42 Å². The number of imide groups is 1. The maximum Gasteiger partial charge on any atom is 0.239 e. The van der Waals surface area contributed by atoms with E-state index in [9.17, 15) is 9.59 Å². The zero-order chi connectivity index (χ0) is 12.0. The van der Waals surface area contributed by atoms with E-state index >= 15 is 0 Å². The van der Waals surface area contributed by atoms with Crippen molar-refractivity contribution in [1.29, 1.82) is 0 Å². The van der Waals surface area contributed by atoms with Crippen LogP contribution in [0.2, 0.25) is 0 Å². The molecule has 2 amide bonds. The zero-order valence-electron chi connectivity index (χ0n) is 9.22. The molecule has 2 aliphatic carbocycles. The minimum absolute atomic E-state index is 0.0943. The van der Waals surface area contributed by atoms with Gasteiger partial charge in [0.2, 0.25) is 16.9 Å². The highest BCUT2D eigenvalue weighted by Crippen LogP contribution is 2.64. The number of hydrogen-bond donors (Lipinski definition) is 0. The first-order valence-corrected chi connectivity index (χ1v) is 6.95. The van der Waals surface area contributed by atoms with Crippen LogP contribution in [0.1, 0.15) is 6.42 Å². The number of carbonyl (C=O) groups excluding carboxylic acids is 2. The minimum Gasteiger partial charge on any atom is -0.369 e. The second-order valence-electron chi connectivity index (χ2n) is 5.41. The lowest BCUT2D eigenvalue weighted by Crippen LogP contribution is -2.33. The first-order chi connectivity index (χ1) is 8.77. The number of aromatic nitrogens is 2. The number of anilines is 1. The standard InChI is InChI=1S/C11H9N3O3S/c15-9-5-3-1-4(8-7(3)17-8)6(5)10(16)14(9)11-13-12-2-18-11/h2-8H,1H2/t3-,4+,5-,6+,7-,8+. The molecule has 2 aliphatic heterocycles. The molecule has 2 saturated carbocycles. The molecule has 0 radical (unpaired) electrons. The van der Waals surface area contributed by atoms with Crippen molar-refractivity contribution in [3.05, 3.63) is 5.51 Å². The molecular formula is C11H9N3O3S. The normalized spacial score (nSPS) is 47.7. The Morgan fingerprint density at radius 2 is 1.89 bits per heavy atom. The second-order valence-corrected chi connectivity index (χ2v) is 6.23. The number of carbonyl (C=O) groups is 2. The van der Waals surface area contributed by atoms with E-state index in [2.05, 4.69) is 10.2 Å². The fraction of sp³-hybridized carbons (Fsp3) is 0.636. The van der Waals surface area contributed by atoms with Crippen molar-refractivity contribution in [2.75, 3.05) is 4.90 Å². The van der Waals surface area contributed by atoms with E-state index in [1.165, 1.54) is 16.2 Å². The van der Waals surface area contributed by atoms with E-state index in [1.807, 2.05) is 0 Å². The maximum atomic E-state index is 12.4. The lowest BCUT2D eigenvalue weighted by molar-refractivity contribution is -0.123. The summed E-state index contributed by atoms with van der Waals surface area (Å²) in [6, 6.07) is 0. The predicted octanol–water partition coefficient (Wildman–Crippen LogP) is 0.0608. The summed E-state index contributed by atoms with van der Waals surface area (Å²) in [5.74, 6) is -0.0320. The molecule has 0 unspecified atom stereocenters. The average molecular weight is 263 g/mol. The van der Waals surface area contributed by atoms with Gasteiger partial charge in [0.15, 0.2) is 0 Å². The van der Waals surface area contributed by atoms with Crippen molar-refractivity contribution >= 4 is 28.3 Å². The van der Waals surface area contributed by atoms with Gasteiger partial charge in [-0.25, -0.2) is 4.90 Å². The summed E-state index contributed by atoms with van der Waals surface area (Å²) < 4.78 is 5.55. The molecule has 2 saturated heterocycles. The van der Waals surface area contributed by atoms with Crippen LogP contribution in [0.15, 0.2) is 5.51 Å². The van der Waals surface area contributed by atoms with Crippen molar-refractivity contribution in [3.63, 3.8) is 0 Å². The van der Waals surface area contributed by atoms with Crippen LogP contribution in [0.25, 0.3) is 0 Å². The van der Waals surface area contributed by atoms with Gasteiger partial charge in [-0.2, -0.15) is 0 Å². The second kappa shape index (κ2) is 2.80. The smallest absolute Gasteiger partial charge is 0.239 e. The van der Waals surface area contributed by atoms with Gasteiger partial charge in [-0.3, -0.25) is 9.59 Å². The molecule has 4 fully saturated rings. The number of hydrogen-bond acceptors (Lipinski definition) is 6. The SMILES string of the molecule is O=C1[C@@H]2[C@H]3C[C@H]([C@@H]4O[C@H]34)[C@@H]2C(=O)N1c1nncs1. The molecule has 1 aromatic heterocycles. The van der Waals surface area contributed by atoms with E-state index in [-0.39, 0.29) is 47.7 Å². The summed E-state index contributed by atoms with van der Waals surface area (Å²) in [6.07, 6.45) is 1.45. The molecule has 6 nitrogen and oxygen atoms in total. The average Bonchev–Trinajstić information content (AvgIpc) is 2.73. The van der Waals surface area contributed by atoms with Crippen LogP contribution in [-0.2, 0) is 14.3 Å². The fourth-order valence-electron chi connectivity index (χ4n) is 4.18. The third-order valence-electron chi connectivity index (χ3n) is 4.81. The summed E-state index contributed by atoms with van der Waals surface area (Å²) in [5, 5.41) is 7.96. The Morgan fingerprint density at radius 1 is 1.22 bits per heavy atom. The third kappa shape index (κ3) is 0.883. The first-order valence-electron chi connectivity index (χ1n) is 6.07. The van der Waals surface area contributed by atoms with Gasteiger partial charge in [0.25, 0.3) is 0 Å². The van der Waals surface area contributed by atoms with Gasteiger partial charge in [-0.05, 0) is 6.42 Å². The lowest BCUT2D eigenvalue weighted by Gasteiger charge is -2.15. The third-order valence-corrected chi connectivity index (χ3v) is 5.48. The molecule has 7 heteroatoms. The molecule has 0 aromatic carbocycles. The van der Waals surface area contributed by atoms with Crippen LogP contribution < -0.4 is 4.90 Å². The van der Waals surface area contributed by atoms with Gasteiger partial charge in [0, 0.05) is 11.8 Å². The van der Waals surface area contributed by atoms with Crippen LogP contribution >= 0.6 is 11.3 Å². The number of amides is 2. The van der Waals surface area contributed by atoms with Gasteiger partial charge in [0.05, 0.1) is 24.0 Å². The first kappa shape index (κ1) is 9.57. The van der Waals surface area contributed by atoms with E-state index in [0.29, 0.717) is 5.13 Å². The van der Waals surface area contributed by atoms with Gasteiger partial charge in [-0.1, -0.05) is 11.3 Å². The highest BCUT2D eigenvalue weighted by Gasteiger charge is 2.74. The van der Waals surface area contributed by atoms with Crippen molar-refractivity contribution in [1.82, 2.24) is 10.2 Å². The molecule has 6 atom stereocenters. The molecule has 3 heterocycles. The summed E-state index contributed by atoms with van der Waals surface area (Å²) in [7, 11) is 0. The molecule has 0 spiro atoms. The Bertz CT molecular complexity index is 542. The Morgan fingerprint density at radius 3 is 2.44 bits per heavy atom. The monoisotopic (exact) mass is 263 g/mol. The zero-order valence-corrected chi connectivity index (χ0v) is 10.0. The van der Waals surface area contributed by atoms with Crippen LogP contribution in [0.3, 0.4) is 0 Å². The molecule has 92 valence electrons. The number of fused-ring (bicyclic) bond motifs is 8. The number of nitrogens with zero attached hydrogens (tertiary/aromatic N) is 3. The Labute approximate surface area is 106 Å². The molecule has 0 N–H and O–H groups in total. The predicted molar refractivity (Wildman–Crippen MR) is 59.6 cm³/mol. The minimum atomic E-state index is -0.171. The van der Waals surface area contributed by atoms with E-state index in [1.54, 1.807) is 5.51 Å². The summed E-state index contributed by atoms with van der Waals surface area (Å²) in [6.45, 7) is 0. The Hall–Kier alpha value is -1.34. The van der Waals surface area contributed by atoms with Gasteiger partial charge < -0.3 is 4.74 Å². The van der Waals surface area contributed by atoms with Crippen LogP contribution in [0, 0.1) is 23.7 Å². The molecule has 18 heavy (non-hydrogen) atoms. The number of rotatable bonds is 1. The number of ether oxygens (including phenoxy) is 1. The van der Waals surface area contributed by atoms with Crippen molar-refractivity contribution in [2.45, 2.75) is 18.6 Å². The molecular weight excluding hydrogens is 254 g/mol. The van der Waals surface area contributed by atoms with Gasteiger partial charge >= 0.3 is 0 Å². The fourth-order valence-corrected chi connectivity index (χ4v) is 4.74. The summed E-state index contributed by atoms with van der Waals surface area (Å²) >= 11 is 1.23. The van der Waals surface area contributed by atoms with Gasteiger partial charge in [0.1, 0.15) is 5.51 Å². The largest absolute Gasteiger partial charge is 0.369 e. The van der Waals surface area contributed by atoms with Crippen molar-refractivity contribution < 1.29 is 14.3 Å². The maximum absolute atomic E-state index is 12.4. The topological polar surface area (TPSA) is 75.7 Å². The van der Waals surface area contributed by atoms with Crippen LogP contribution in [-0.4, -0.2) is 34.2 Å². The Balaban J connectivity index is 1.60. The highest BCUT2D eigenvalue weighted by molar-refractivity contribution is 7.13. The van der Waals surface area contributed by atoms with E-state index < -0.39 is 0 Å².